The van der Waals surface area contributed by atoms with E-state index in [2.05, 4.69) is 39.0 Å². The van der Waals surface area contributed by atoms with Crippen LogP contribution in [0, 0.1) is 0 Å². The minimum Gasteiger partial charge on any atom is -0.347 e. The number of hydrogen-bond donors (Lipinski definition) is 2. The molecule has 3 nitrogen and oxygen atoms in total. The summed E-state index contributed by atoms with van der Waals surface area (Å²) in [6.07, 6.45) is 4.66. The molecule has 0 saturated carbocycles. The Labute approximate surface area is 93.6 Å². The van der Waals surface area contributed by atoms with Crippen LogP contribution in [-0.2, 0) is 6.42 Å². The molecule has 2 aromatic heterocycles. The number of aromatic amines is 1. The van der Waals surface area contributed by atoms with E-state index in [9.17, 15) is 0 Å². The van der Waals surface area contributed by atoms with Crippen molar-refractivity contribution < 1.29 is 0 Å². The Bertz CT molecular complexity index is 366. The van der Waals surface area contributed by atoms with Gasteiger partial charge in [0.1, 0.15) is 5.82 Å². The minimum atomic E-state index is 0.291. The first-order valence-electron chi connectivity index (χ1n) is 5.14. The maximum absolute atomic E-state index is 4.30. The third kappa shape index (κ3) is 2.67. The van der Waals surface area contributed by atoms with E-state index in [0.717, 1.165) is 18.8 Å². The van der Waals surface area contributed by atoms with Crippen LogP contribution in [0.1, 0.15) is 24.4 Å². The summed E-state index contributed by atoms with van der Waals surface area (Å²) in [7, 11) is 0. The Morgan fingerprint density at radius 3 is 3.13 bits per heavy atom. The predicted molar refractivity (Wildman–Crippen MR) is 63.0 cm³/mol. The van der Waals surface area contributed by atoms with E-state index >= 15 is 0 Å². The average molecular weight is 221 g/mol. The topological polar surface area (TPSA) is 40.7 Å². The molecule has 0 aliphatic rings. The van der Waals surface area contributed by atoms with E-state index in [4.69, 9.17) is 0 Å². The molecule has 0 fully saturated rings. The number of nitrogens with zero attached hydrogens (tertiary/aromatic N) is 1. The fourth-order valence-corrected chi connectivity index (χ4v) is 2.31. The summed E-state index contributed by atoms with van der Waals surface area (Å²) in [5.41, 5.74) is 1.36. The summed E-state index contributed by atoms with van der Waals surface area (Å²) in [6.45, 7) is 3.07. The number of likely N-dealkylation sites (N-methyl/N-ethyl adjacent to an activating group) is 1. The van der Waals surface area contributed by atoms with E-state index in [1.807, 2.05) is 6.20 Å². The van der Waals surface area contributed by atoms with Crippen LogP contribution < -0.4 is 5.32 Å². The summed E-state index contributed by atoms with van der Waals surface area (Å²) < 4.78 is 0. The van der Waals surface area contributed by atoms with Crippen LogP contribution in [0.15, 0.2) is 29.2 Å². The first-order valence-corrected chi connectivity index (χ1v) is 6.08. The van der Waals surface area contributed by atoms with Crippen molar-refractivity contribution in [2.24, 2.45) is 0 Å². The van der Waals surface area contributed by atoms with E-state index < -0.39 is 0 Å². The van der Waals surface area contributed by atoms with Gasteiger partial charge in [0, 0.05) is 12.4 Å². The van der Waals surface area contributed by atoms with Crippen molar-refractivity contribution in [3.63, 3.8) is 0 Å². The van der Waals surface area contributed by atoms with Crippen molar-refractivity contribution in [3.8, 4) is 0 Å². The first-order chi connectivity index (χ1) is 7.40. The van der Waals surface area contributed by atoms with Crippen LogP contribution in [0.3, 0.4) is 0 Å². The van der Waals surface area contributed by atoms with Crippen LogP contribution in [0.25, 0.3) is 0 Å². The van der Waals surface area contributed by atoms with E-state index in [1.165, 1.54) is 5.56 Å². The molecule has 80 valence electrons. The first kappa shape index (κ1) is 10.4. The number of nitrogens with one attached hydrogen (secondary N) is 2. The SMILES string of the molecule is CCNC(Cc1ccsc1)c1ncc[nH]1. The lowest BCUT2D eigenvalue weighted by molar-refractivity contribution is 0.527. The maximum Gasteiger partial charge on any atom is 0.123 e. The average Bonchev–Trinajstić information content (AvgIpc) is 2.89. The molecule has 0 aliphatic heterocycles. The van der Waals surface area contributed by atoms with Gasteiger partial charge in [-0.05, 0) is 35.4 Å². The van der Waals surface area contributed by atoms with Crippen molar-refractivity contribution in [1.29, 1.82) is 0 Å². The van der Waals surface area contributed by atoms with Crippen molar-refractivity contribution in [1.82, 2.24) is 15.3 Å². The summed E-state index contributed by atoms with van der Waals surface area (Å²) >= 11 is 1.74. The zero-order valence-corrected chi connectivity index (χ0v) is 9.55. The third-order valence-corrected chi connectivity index (χ3v) is 3.05. The highest BCUT2D eigenvalue weighted by Gasteiger charge is 2.13. The van der Waals surface area contributed by atoms with Gasteiger partial charge in [-0.2, -0.15) is 11.3 Å². The molecule has 0 amide bonds. The third-order valence-electron chi connectivity index (χ3n) is 2.32. The van der Waals surface area contributed by atoms with Gasteiger partial charge in [-0.1, -0.05) is 6.92 Å². The molecule has 2 N–H and O–H groups in total. The molecular formula is C11H15N3S. The van der Waals surface area contributed by atoms with Crippen LogP contribution >= 0.6 is 11.3 Å². The van der Waals surface area contributed by atoms with Crippen LogP contribution in [0.2, 0.25) is 0 Å². The largest absolute Gasteiger partial charge is 0.347 e. The second-order valence-electron chi connectivity index (χ2n) is 3.42. The van der Waals surface area contributed by atoms with E-state index in [-0.39, 0.29) is 0 Å². The Morgan fingerprint density at radius 2 is 2.53 bits per heavy atom. The zero-order chi connectivity index (χ0) is 10.5. The van der Waals surface area contributed by atoms with E-state index in [0.29, 0.717) is 6.04 Å². The maximum atomic E-state index is 4.30. The number of imidazole rings is 1. The lowest BCUT2D eigenvalue weighted by Crippen LogP contribution is -2.23. The molecule has 0 bridgehead atoms. The highest BCUT2D eigenvalue weighted by molar-refractivity contribution is 7.07. The van der Waals surface area contributed by atoms with Gasteiger partial charge < -0.3 is 10.3 Å². The molecule has 1 unspecified atom stereocenters. The summed E-state index contributed by atoms with van der Waals surface area (Å²) in [6, 6.07) is 2.46. The van der Waals surface area contributed by atoms with Crippen molar-refractivity contribution in [3.05, 3.63) is 40.6 Å². The molecule has 2 heterocycles. The lowest BCUT2D eigenvalue weighted by atomic mass is 10.1. The van der Waals surface area contributed by atoms with Crippen LogP contribution in [-0.4, -0.2) is 16.5 Å². The summed E-state index contributed by atoms with van der Waals surface area (Å²) in [5, 5.41) is 7.73. The Balaban J connectivity index is 2.07. The van der Waals surface area contributed by atoms with Gasteiger partial charge >= 0.3 is 0 Å². The number of aromatic nitrogens is 2. The van der Waals surface area contributed by atoms with Gasteiger partial charge in [0.05, 0.1) is 6.04 Å². The molecule has 2 rings (SSSR count). The van der Waals surface area contributed by atoms with Gasteiger partial charge in [-0.3, -0.25) is 0 Å². The number of hydrogen-bond acceptors (Lipinski definition) is 3. The summed E-state index contributed by atoms with van der Waals surface area (Å²) in [5.74, 6) is 1.02. The van der Waals surface area contributed by atoms with Gasteiger partial charge in [0.15, 0.2) is 0 Å². The molecule has 0 spiro atoms. The molecule has 1 atom stereocenters. The second kappa shape index (κ2) is 5.09. The molecule has 0 aromatic carbocycles. The molecule has 4 heteroatoms. The van der Waals surface area contributed by atoms with Crippen molar-refractivity contribution in [2.75, 3.05) is 6.54 Å². The molecule has 15 heavy (non-hydrogen) atoms. The van der Waals surface area contributed by atoms with Gasteiger partial charge in [-0.15, -0.1) is 0 Å². The van der Waals surface area contributed by atoms with Gasteiger partial charge in [0.2, 0.25) is 0 Å². The minimum absolute atomic E-state index is 0.291. The monoisotopic (exact) mass is 221 g/mol. The molecular weight excluding hydrogens is 206 g/mol. The normalized spacial score (nSPS) is 12.9. The molecule has 0 radical (unpaired) electrons. The Morgan fingerprint density at radius 1 is 1.60 bits per heavy atom. The standard InChI is InChI=1S/C11H15N3S/c1-2-12-10(11-13-4-5-14-11)7-9-3-6-15-8-9/h3-6,8,10,12H,2,7H2,1H3,(H,13,14). The highest BCUT2D eigenvalue weighted by atomic mass is 32.1. The number of H-pyrrole nitrogens is 1. The van der Waals surface area contributed by atoms with Crippen LogP contribution in [0.5, 0.6) is 0 Å². The fourth-order valence-electron chi connectivity index (χ4n) is 1.62. The molecule has 0 aliphatic carbocycles. The molecule has 2 aromatic rings. The summed E-state index contributed by atoms with van der Waals surface area (Å²) in [4.78, 5) is 7.47. The zero-order valence-electron chi connectivity index (χ0n) is 8.73. The fraction of sp³-hybridized carbons (Fsp3) is 0.364. The number of thiophene rings is 1. The smallest absolute Gasteiger partial charge is 0.123 e. The molecule has 0 saturated heterocycles. The highest BCUT2D eigenvalue weighted by Crippen LogP contribution is 2.16. The van der Waals surface area contributed by atoms with Gasteiger partial charge in [-0.25, -0.2) is 4.98 Å². The van der Waals surface area contributed by atoms with Gasteiger partial charge in [0.25, 0.3) is 0 Å². The Kier molecular flexibility index (Phi) is 3.53. The van der Waals surface area contributed by atoms with Crippen molar-refractivity contribution >= 4 is 11.3 Å². The van der Waals surface area contributed by atoms with Crippen LogP contribution in [0.4, 0.5) is 0 Å². The number of rotatable bonds is 5. The quantitative estimate of drug-likeness (QED) is 0.813. The second-order valence-corrected chi connectivity index (χ2v) is 4.20. The van der Waals surface area contributed by atoms with Crippen molar-refractivity contribution in [2.45, 2.75) is 19.4 Å². The van der Waals surface area contributed by atoms with E-state index in [1.54, 1.807) is 17.5 Å². The Hall–Kier alpha value is -1.13. The lowest BCUT2D eigenvalue weighted by Gasteiger charge is -2.14. The predicted octanol–water partition coefficient (Wildman–Crippen LogP) is 2.36.